The van der Waals surface area contributed by atoms with Crippen LogP contribution in [0.25, 0.3) is 0 Å². The maximum absolute atomic E-state index is 13.3. The van der Waals surface area contributed by atoms with E-state index in [2.05, 4.69) is 5.32 Å². The van der Waals surface area contributed by atoms with Crippen molar-refractivity contribution in [3.05, 3.63) is 35.1 Å². The molecule has 0 fully saturated rings. The van der Waals surface area contributed by atoms with Gasteiger partial charge < -0.3 is 10.1 Å². The van der Waals surface area contributed by atoms with E-state index in [1.54, 1.807) is 19.9 Å². The summed E-state index contributed by atoms with van der Waals surface area (Å²) < 4.78 is 18.1. The number of hydrogen-bond acceptors (Lipinski definition) is 3. The van der Waals surface area contributed by atoms with Gasteiger partial charge in [-0.15, -0.1) is 0 Å². The van der Waals surface area contributed by atoms with Gasteiger partial charge in [-0.2, -0.15) is 0 Å². The van der Waals surface area contributed by atoms with Crippen molar-refractivity contribution in [1.29, 1.82) is 0 Å². The van der Waals surface area contributed by atoms with Crippen molar-refractivity contribution in [3.8, 4) is 0 Å². The normalized spacial score (nSPS) is 12.2. The molecule has 0 amide bonds. The fourth-order valence-electron chi connectivity index (χ4n) is 1.44. The van der Waals surface area contributed by atoms with Gasteiger partial charge in [0.2, 0.25) is 0 Å². The first-order valence-electron chi connectivity index (χ1n) is 5.69. The van der Waals surface area contributed by atoms with E-state index in [0.717, 1.165) is 5.56 Å². The van der Waals surface area contributed by atoms with Crippen molar-refractivity contribution >= 4 is 5.97 Å². The van der Waals surface area contributed by atoms with Crippen molar-refractivity contribution in [2.45, 2.75) is 26.8 Å². The molecule has 0 heterocycles. The van der Waals surface area contributed by atoms with Crippen LogP contribution in [0.5, 0.6) is 0 Å². The average molecular weight is 239 g/mol. The van der Waals surface area contributed by atoms with Gasteiger partial charge in [-0.25, -0.2) is 4.39 Å². The number of carbonyl (C=O) groups is 1. The Morgan fingerprint density at radius 2 is 2.24 bits per heavy atom. The maximum atomic E-state index is 13.3. The van der Waals surface area contributed by atoms with E-state index in [1.165, 1.54) is 6.07 Å². The summed E-state index contributed by atoms with van der Waals surface area (Å²) in [6, 6.07) is 4.97. The Balaban J connectivity index is 2.54. The first kappa shape index (κ1) is 13.6. The highest BCUT2D eigenvalue weighted by Crippen LogP contribution is 2.15. The van der Waals surface area contributed by atoms with Crippen LogP contribution in [-0.4, -0.2) is 19.1 Å². The third kappa shape index (κ3) is 4.15. The van der Waals surface area contributed by atoms with E-state index in [-0.39, 0.29) is 24.4 Å². The summed E-state index contributed by atoms with van der Waals surface area (Å²) in [5.74, 6) is -0.529. The highest BCUT2D eigenvalue weighted by Gasteiger charge is 2.09. The fraction of sp³-hybridized carbons (Fsp3) is 0.462. The Morgan fingerprint density at radius 1 is 1.53 bits per heavy atom. The molecule has 1 aromatic rings. The first-order valence-corrected chi connectivity index (χ1v) is 5.69. The summed E-state index contributed by atoms with van der Waals surface area (Å²) >= 11 is 0. The number of hydrogen-bond donors (Lipinski definition) is 1. The zero-order chi connectivity index (χ0) is 12.8. The van der Waals surface area contributed by atoms with Crippen LogP contribution in [0, 0.1) is 12.7 Å². The van der Waals surface area contributed by atoms with Crippen molar-refractivity contribution in [2.24, 2.45) is 0 Å². The highest BCUT2D eigenvalue weighted by molar-refractivity contribution is 5.71. The second kappa shape index (κ2) is 6.35. The number of esters is 1. The monoisotopic (exact) mass is 239 g/mol. The van der Waals surface area contributed by atoms with Crippen LogP contribution in [0.3, 0.4) is 0 Å². The highest BCUT2D eigenvalue weighted by atomic mass is 19.1. The molecule has 1 N–H and O–H groups in total. The Hall–Kier alpha value is -1.42. The van der Waals surface area contributed by atoms with Crippen molar-refractivity contribution in [3.63, 3.8) is 0 Å². The fourth-order valence-corrected chi connectivity index (χ4v) is 1.44. The standard InChI is InChI=1S/C13H18FNO2/c1-4-17-13(16)8-15-10(3)11-6-5-9(2)12(14)7-11/h5-7,10,15H,4,8H2,1-3H3. The van der Waals surface area contributed by atoms with Gasteiger partial charge in [-0.3, -0.25) is 4.79 Å². The van der Waals surface area contributed by atoms with Crippen LogP contribution < -0.4 is 5.32 Å². The zero-order valence-electron chi connectivity index (χ0n) is 10.4. The quantitative estimate of drug-likeness (QED) is 0.801. The predicted octanol–water partition coefficient (Wildman–Crippen LogP) is 2.35. The Morgan fingerprint density at radius 3 is 2.82 bits per heavy atom. The molecule has 1 unspecified atom stereocenters. The number of halogens is 1. The number of rotatable bonds is 5. The molecule has 3 nitrogen and oxygen atoms in total. The Labute approximate surface area is 101 Å². The molecule has 0 radical (unpaired) electrons. The van der Waals surface area contributed by atoms with Crippen LogP contribution in [0.2, 0.25) is 0 Å². The predicted molar refractivity (Wildman–Crippen MR) is 64.2 cm³/mol. The molecule has 0 bridgehead atoms. The summed E-state index contributed by atoms with van der Waals surface area (Å²) in [7, 11) is 0. The van der Waals surface area contributed by atoms with Crippen LogP contribution >= 0.6 is 0 Å². The van der Waals surface area contributed by atoms with Gasteiger partial charge in [-0.1, -0.05) is 12.1 Å². The van der Waals surface area contributed by atoms with Gasteiger partial charge in [0, 0.05) is 6.04 Å². The molecule has 0 saturated heterocycles. The van der Waals surface area contributed by atoms with E-state index in [4.69, 9.17) is 4.74 Å². The largest absolute Gasteiger partial charge is 0.465 e. The molecule has 4 heteroatoms. The van der Waals surface area contributed by atoms with Crippen LogP contribution in [-0.2, 0) is 9.53 Å². The molecule has 17 heavy (non-hydrogen) atoms. The van der Waals surface area contributed by atoms with E-state index in [9.17, 15) is 9.18 Å². The lowest BCUT2D eigenvalue weighted by Gasteiger charge is -2.14. The van der Waals surface area contributed by atoms with Gasteiger partial charge in [0.1, 0.15) is 5.82 Å². The molecule has 0 aliphatic carbocycles. The molecule has 0 aliphatic heterocycles. The molecule has 0 aliphatic rings. The minimum absolute atomic E-state index is 0.0884. The van der Waals surface area contributed by atoms with Gasteiger partial charge >= 0.3 is 5.97 Å². The summed E-state index contributed by atoms with van der Waals surface area (Å²) in [5.41, 5.74) is 1.43. The van der Waals surface area contributed by atoms with Gasteiger partial charge in [0.05, 0.1) is 13.2 Å². The van der Waals surface area contributed by atoms with Gasteiger partial charge in [0.25, 0.3) is 0 Å². The maximum Gasteiger partial charge on any atom is 0.319 e. The average Bonchev–Trinajstić information content (AvgIpc) is 2.30. The zero-order valence-corrected chi connectivity index (χ0v) is 10.4. The molecule has 0 spiro atoms. The van der Waals surface area contributed by atoms with E-state index in [0.29, 0.717) is 12.2 Å². The lowest BCUT2D eigenvalue weighted by atomic mass is 10.1. The number of carbonyl (C=O) groups excluding carboxylic acids is 1. The topological polar surface area (TPSA) is 38.3 Å². The minimum atomic E-state index is -0.299. The molecule has 1 aromatic carbocycles. The van der Waals surface area contributed by atoms with Gasteiger partial charge in [-0.05, 0) is 38.0 Å². The van der Waals surface area contributed by atoms with Crippen molar-refractivity contribution in [1.82, 2.24) is 5.32 Å². The lowest BCUT2D eigenvalue weighted by molar-refractivity contribution is -0.142. The first-order chi connectivity index (χ1) is 8.04. The summed E-state index contributed by atoms with van der Waals surface area (Å²) in [6.45, 7) is 5.86. The van der Waals surface area contributed by atoms with Crippen LogP contribution in [0.15, 0.2) is 18.2 Å². The third-order valence-electron chi connectivity index (χ3n) is 2.55. The number of ether oxygens (including phenoxy) is 1. The summed E-state index contributed by atoms with van der Waals surface area (Å²) in [5, 5.41) is 2.99. The molecular formula is C13H18FNO2. The summed E-state index contributed by atoms with van der Waals surface area (Å²) in [6.07, 6.45) is 0. The minimum Gasteiger partial charge on any atom is -0.465 e. The molecule has 0 saturated carbocycles. The number of nitrogens with one attached hydrogen (secondary N) is 1. The summed E-state index contributed by atoms with van der Waals surface area (Å²) in [4.78, 5) is 11.1. The molecule has 94 valence electrons. The number of benzene rings is 1. The SMILES string of the molecule is CCOC(=O)CNC(C)c1ccc(C)c(F)c1. The molecular weight excluding hydrogens is 221 g/mol. The van der Waals surface area contributed by atoms with E-state index < -0.39 is 0 Å². The Kier molecular flexibility index (Phi) is 5.10. The van der Waals surface area contributed by atoms with E-state index in [1.807, 2.05) is 13.0 Å². The van der Waals surface area contributed by atoms with Crippen molar-refractivity contribution in [2.75, 3.05) is 13.2 Å². The molecule has 0 aromatic heterocycles. The smallest absolute Gasteiger partial charge is 0.319 e. The van der Waals surface area contributed by atoms with E-state index >= 15 is 0 Å². The molecule has 1 rings (SSSR count). The van der Waals surface area contributed by atoms with Crippen LogP contribution in [0.4, 0.5) is 4.39 Å². The second-order valence-electron chi connectivity index (χ2n) is 3.92. The number of aryl methyl sites for hydroxylation is 1. The van der Waals surface area contributed by atoms with Crippen LogP contribution in [0.1, 0.15) is 31.0 Å². The van der Waals surface area contributed by atoms with Crippen molar-refractivity contribution < 1.29 is 13.9 Å². The van der Waals surface area contributed by atoms with Gasteiger partial charge in [0.15, 0.2) is 0 Å². The Bertz CT molecular complexity index is 393. The lowest BCUT2D eigenvalue weighted by Crippen LogP contribution is -2.27. The third-order valence-corrected chi connectivity index (χ3v) is 2.55. The molecule has 1 atom stereocenters. The second-order valence-corrected chi connectivity index (χ2v) is 3.92.